The highest BCUT2D eigenvalue weighted by Crippen LogP contribution is 2.22. The molecule has 3 rings (SSSR count). The Morgan fingerprint density at radius 3 is 2.94 bits per heavy atom. The monoisotopic (exact) mass is 242 g/mol. The molecule has 4 nitrogen and oxygen atoms in total. The Hall–Kier alpha value is -2.23. The summed E-state index contributed by atoms with van der Waals surface area (Å²) in [4.78, 5) is 13.9. The molecule has 0 spiro atoms. The SMILES string of the molecule is Nc1ccc2c(c1)CCN(C(=O)c1ccco1)C2. The molecule has 0 saturated heterocycles. The minimum absolute atomic E-state index is 0.0533. The van der Waals surface area contributed by atoms with Crippen molar-refractivity contribution in [3.05, 3.63) is 53.5 Å². The number of furan rings is 1. The van der Waals surface area contributed by atoms with E-state index >= 15 is 0 Å². The van der Waals surface area contributed by atoms with Gasteiger partial charge in [-0.2, -0.15) is 0 Å². The lowest BCUT2D eigenvalue weighted by atomic mass is 9.99. The van der Waals surface area contributed by atoms with Gasteiger partial charge in [0.05, 0.1) is 6.26 Å². The summed E-state index contributed by atoms with van der Waals surface area (Å²) in [6.45, 7) is 1.32. The van der Waals surface area contributed by atoms with Crippen molar-refractivity contribution in [1.82, 2.24) is 4.90 Å². The number of benzene rings is 1. The van der Waals surface area contributed by atoms with E-state index < -0.39 is 0 Å². The summed E-state index contributed by atoms with van der Waals surface area (Å²) in [5.41, 5.74) is 8.93. The van der Waals surface area contributed by atoms with Crippen LogP contribution in [0, 0.1) is 0 Å². The van der Waals surface area contributed by atoms with E-state index in [1.165, 1.54) is 11.8 Å². The van der Waals surface area contributed by atoms with Crippen LogP contribution in [0.2, 0.25) is 0 Å². The lowest BCUT2D eigenvalue weighted by Crippen LogP contribution is -2.35. The molecule has 2 N–H and O–H groups in total. The van der Waals surface area contributed by atoms with Crippen LogP contribution in [-0.4, -0.2) is 17.4 Å². The van der Waals surface area contributed by atoms with Gasteiger partial charge in [-0.05, 0) is 41.8 Å². The first-order valence-electron chi connectivity index (χ1n) is 5.94. The average Bonchev–Trinajstić information content (AvgIpc) is 2.91. The third-order valence-electron chi connectivity index (χ3n) is 3.26. The van der Waals surface area contributed by atoms with Crippen LogP contribution in [0.4, 0.5) is 5.69 Å². The zero-order chi connectivity index (χ0) is 12.5. The molecular formula is C14H14N2O2. The van der Waals surface area contributed by atoms with Crippen molar-refractivity contribution in [2.75, 3.05) is 12.3 Å². The lowest BCUT2D eigenvalue weighted by Gasteiger charge is -2.28. The maximum absolute atomic E-state index is 12.1. The van der Waals surface area contributed by atoms with Gasteiger partial charge in [0, 0.05) is 18.8 Å². The standard InChI is InChI=1S/C14H14N2O2/c15-12-4-3-11-9-16(6-5-10(11)8-12)14(17)13-2-1-7-18-13/h1-4,7-8H,5-6,9,15H2. The Morgan fingerprint density at radius 2 is 2.17 bits per heavy atom. The summed E-state index contributed by atoms with van der Waals surface area (Å²) in [6.07, 6.45) is 2.36. The predicted octanol–water partition coefficient (Wildman–Crippen LogP) is 2.06. The Bertz CT molecular complexity index is 575. The normalized spacial score (nSPS) is 14.3. The van der Waals surface area contributed by atoms with Gasteiger partial charge in [-0.25, -0.2) is 0 Å². The van der Waals surface area contributed by atoms with Gasteiger partial charge in [-0.15, -0.1) is 0 Å². The first-order chi connectivity index (χ1) is 8.74. The topological polar surface area (TPSA) is 59.5 Å². The van der Waals surface area contributed by atoms with Gasteiger partial charge in [-0.1, -0.05) is 6.07 Å². The molecule has 0 atom stereocenters. The average molecular weight is 242 g/mol. The zero-order valence-corrected chi connectivity index (χ0v) is 9.93. The fourth-order valence-electron chi connectivity index (χ4n) is 2.30. The zero-order valence-electron chi connectivity index (χ0n) is 9.93. The van der Waals surface area contributed by atoms with E-state index in [2.05, 4.69) is 0 Å². The van der Waals surface area contributed by atoms with E-state index in [0.29, 0.717) is 18.8 Å². The molecule has 2 aromatic rings. The number of rotatable bonds is 1. The summed E-state index contributed by atoms with van der Waals surface area (Å²) in [6, 6.07) is 9.28. The number of fused-ring (bicyclic) bond motifs is 1. The molecule has 0 aliphatic carbocycles. The molecule has 1 aromatic carbocycles. The molecule has 1 amide bonds. The summed E-state index contributed by atoms with van der Waals surface area (Å²) in [5.74, 6) is 0.344. The van der Waals surface area contributed by atoms with E-state index in [9.17, 15) is 4.79 Å². The van der Waals surface area contributed by atoms with E-state index in [4.69, 9.17) is 10.2 Å². The Kier molecular flexibility index (Phi) is 2.55. The molecule has 0 saturated carbocycles. The van der Waals surface area contributed by atoms with Crippen LogP contribution in [0.25, 0.3) is 0 Å². The van der Waals surface area contributed by atoms with Gasteiger partial charge in [0.25, 0.3) is 5.91 Å². The van der Waals surface area contributed by atoms with E-state index in [1.807, 2.05) is 18.2 Å². The second kappa shape index (κ2) is 4.22. The van der Waals surface area contributed by atoms with Gasteiger partial charge >= 0.3 is 0 Å². The first kappa shape index (κ1) is 10.9. The molecule has 1 aromatic heterocycles. The van der Waals surface area contributed by atoms with Crippen LogP contribution in [0.3, 0.4) is 0 Å². The van der Waals surface area contributed by atoms with Crippen molar-refractivity contribution in [2.24, 2.45) is 0 Å². The highest BCUT2D eigenvalue weighted by atomic mass is 16.3. The first-order valence-corrected chi connectivity index (χ1v) is 5.94. The molecule has 0 bridgehead atoms. The van der Waals surface area contributed by atoms with E-state index in [1.54, 1.807) is 17.0 Å². The fourth-order valence-corrected chi connectivity index (χ4v) is 2.30. The van der Waals surface area contributed by atoms with Crippen LogP contribution >= 0.6 is 0 Å². The van der Waals surface area contributed by atoms with Crippen molar-refractivity contribution in [1.29, 1.82) is 0 Å². The number of carbonyl (C=O) groups is 1. The predicted molar refractivity (Wildman–Crippen MR) is 68.0 cm³/mol. The molecule has 92 valence electrons. The number of hydrogen-bond donors (Lipinski definition) is 1. The number of nitrogen functional groups attached to an aromatic ring is 1. The number of anilines is 1. The van der Waals surface area contributed by atoms with Crippen molar-refractivity contribution in [2.45, 2.75) is 13.0 Å². The second-order valence-corrected chi connectivity index (χ2v) is 4.48. The van der Waals surface area contributed by atoms with Crippen molar-refractivity contribution < 1.29 is 9.21 Å². The van der Waals surface area contributed by atoms with Gasteiger partial charge in [0.1, 0.15) is 0 Å². The second-order valence-electron chi connectivity index (χ2n) is 4.48. The third kappa shape index (κ3) is 1.86. The molecule has 4 heteroatoms. The quantitative estimate of drug-likeness (QED) is 0.779. The number of amides is 1. The molecule has 0 radical (unpaired) electrons. The maximum atomic E-state index is 12.1. The smallest absolute Gasteiger partial charge is 0.289 e. The molecule has 1 aliphatic heterocycles. The van der Waals surface area contributed by atoms with Gasteiger partial charge in [0.2, 0.25) is 0 Å². The minimum atomic E-state index is -0.0533. The van der Waals surface area contributed by atoms with Crippen LogP contribution in [0.5, 0.6) is 0 Å². The molecule has 2 heterocycles. The fraction of sp³-hybridized carbons (Fsp3) is 0.214. The number of hydrogen-bond acceptors (Lipinski definition) is 3. The van der Waals surface area contributed by atoms with Gasteiger partial charge in [0.15, 0.2) is 5.76 Å². The van der Waals surface area contributed by atoms with E-state index in [-0.39, 0.29) is 5.91 Å². The summed E-state index contributed by atoms with van der Waals surface area (Å²) in [5, 5.41) is 0. The van der Waals surface area contributed by atoms with Crippen LogP contribution < -0.4 is 5.73 Å². The van der Waals surface area contributed by atoms with Crippen LogP contribution in [-0.2, 0) is 13.0 Å². The highest BCUT2D eigenvalue weighted by Gasteiger charge is 2.23. The molecule has 0 unspecified atom stereocenters. The Labute approximate surface area is 105 Å². The number of nitrogens with two attached hydrogens (primary N) is 1. The van der Waals surface area contributed by atoms with E-state index in [0.717, 1.165) is 17.7 Å². The summed E-state index contributed by atoms with van der Waals surface area (Å²) < 4.78 is 5.14. The maximum Gasteiger partial charge on any atom is 0.289 e. The molecule has 1 aliphatic rings. The van der Waals surface area contributed by atoms with Crippen LogP contribution in [0.1, 0.15) is 21.7 Å². The third-order valence-corrected chi connectivity index (χ3v) is 3.26. The molecule has 0 fully saturated rings. The highest BCUT2D eigenvalue weighted by molar-refractivity contribution is 5.91. The summed E-state index contributed by atoms with van der Waals surface area (Å²) in [7, 11) is 0. The van der Waals surface area contributed by atoms with Crippen molar-refractivity contribution in [3.8, 4) is 0 Å². The summed E-state index contributed by atoms with van der Waals surface area (Å²) >= 11 is 0. The number of nitrogens with zero attached hydrogens (tertiary/aromatic N) is 1. The molecule has 18 heavy (non-hydrogen) atoms. The van der Waals surface area contributed by atoms with Gasteiger partial charge in [-0.3, -0.25) is 4.79 Å². The molecular weight excluding hydrogens is 228 g/mol. The van der Waals surface area contributed by atoms with Gasteiger partial charge < -0.3 is 15.1 Å². The largest absolute Gasteiger partial charge is 0.459 e. The number of carbonyl (C=O) groups excluding carboxylic acids is 1. The Morgan fingerprint density at radius 1 is 1.28 bits per heavy atom. The Balaban J connectivity index is 1.83. The van der Waals surface area contributed by atoms with Crippen LogP contribution in [0.15, 0.2) is 41.0 Å². The van der Waals surface area contributed by atoms with Crippen molar-refractivity contribution >= 4 is 11.6 Å². The van der Waals surface area contributed by atoms with Crippen molar-refractivity contribution in [3.63, 3.8) is 0 Å². The lowest BCUT2D eigenvalue weighted by molar-refractivity contribution is 0.0702. The minimum Gasteiger partial charge on any atom is -0.459 e.